The van der Waals surface area contributed by atoms with Gasteiger partial charge in [-0.2, -0.15) is 0 Å². The molecule has 5 heteroatoms. The second kappa shape index (κ2) is 9.69. The van der Waals surface area contributed by atoms with E-state index in [0.29, 0.717) is 5.56 Å². The maximum atomic E-state index is 12.5. The minimum absolute atomic E-state index is 0.616. The lowest BCUT2D eigenvalue weighted by atomic mass is 9.87. The minimum Gasteiger partial charge on any atom is -0.479 e. The van der Waals surface area contributed by atoms with Crippen LogP contribution in [-0.2, 0) is 29.0 Å². The lowest BCUT2D eigenvalue weighted by Gasteiger charge is -2.33. The fraction of sp³-hybridized carbons (Fsp3) is 0.379. The highest BCUT2D eigenvalue weighted by Crippen LogP contribution is 2.40. The average Bonchev–Trinajstić information content (AvgIpc) is 2.78. The first-order valence-electron chi connectivity index (χ1n) is 11.9. The predicted octanol–water partition coefficient (Wildman–Crippen LogP) is 5.86. The number of aromatic nitrogens is 1. The van der Waals surface area contributed by atoms with Crippen LogP contribution in [0.25, 0.3) is 11.1 Å². The number of benzene rings is 2. The normalized spacial score (nSPS) is 15.1. The maximum absolute atomic E-state index is 12.5. The first-order chi connectivity index (χ1) is 16.1. The third kappa shape index (κ3) is 5.37. The minimum atomic E-state index is -1.10. The van der Waals surface area contributed by atoms with Gasteiger partial charge in [0.15, 0.2) is 6.10 Å². The molecule has 0 spiro atoms. The van der Waals surface area contributed by atoms with E-state index in [1.54, 1.807) is 0 Å². The van der Waals surface area contributed by atoms with Gasteiger partial charge in [-0.1, -0.05) is 60.2 Å². The van der Waals surface area contributed by atoms with E-state index in [2.05, 4.69) is 60.4 Å². The summed E-state index contributed by atoms with van der Waals surface area (Å²) in [5, 5.41) is 10.2. The molecule has 0 saturated heterocycles. The molecule has 1 atom stereocenters. The number of carboxylic acids is 1. The molecule has 0 radical (unpaired) electrons. The van der Waals surface area contributed by atoms with Crippen LogP contribution < -0.4 is 0 Å². The molecule has 2 heterocycles. The molecule has 1 N–H and O–H groups in total. The van der Waals surface area contributed by atoms with Crippen molar-refractivity contribution >= 4 is 5.97 Å². The van der Waals surface area contributed by atoms with Gasteiger partial charge in [-0.15, -0.1) is 0 Å². The number of fused-ring (bicyclic) bond motifs is 1. The number of hydrogen-bond donors (Lipinski definition) is 1. The summed E-state index contributed by atoms with van der Waals surface area (Å²) in [7, 11) is 0. The van der Waals surface area contributed by atoms with Crippen molar-refractivity contribution in [3.8, 4) is 11.1 Å². The Bertz CT molecular complexity index is 1160. The SMILES string of the molecule is Cc1ccc(-c2c3c(nc(C)c2C(OC(C)(C)C)C(=O)O)CCN(Cc2ccccc2)C3)cc1. The Labute approximate surface area is 202 Å². The number of rotatable bonds is 6. The van der Waals surface area contributed by atoms with Gasteiger partial charge in [0.25, 0.3) is 0 Å². The van der Waals surface area contributed by atoms with Crippen LogP contribution in [0, 0.1) is 13.8 Å². The van der Waals surface area contributed by atoms with Gasteiger partial charge >= 0.3 is 5.97 Å². The molecule has 5 nitrogen and oxygen atoms in total. The summed E-state index contributed by atoms with van der Waals surface area (Å²) in [6, 6.07) is 18.8. The second-order valence-corrected chi connectivity index (χ2v) is 10.2. The standard InChI is InChI=1S/C29H34N2O3/c1-19-11-13-22(14-12-19)26-23-18-31(17-21-9-7-6-8-10-21)16-15-24(23)30-20(2)25(26)27(28(32)33)34-29(3,4)5/h6-14,27H,15-18H2,1-5H3,(H,32,33). The molecular weight excluding hydrogens is 424 g/mol. The molecule has 1 aliphatic rings. The van der Waals surface area contributed by atoms with Gasteiger partial charge in [0.2, 0.25) is 0 Å². The van der Waals surface area contributed by atoms with E-state index < -0.39 is 17.7 Å². The molecule has 178 valence electrons. The van der Waals surface area contributed by atoms with Crippen LogP contribution in [0.2, 0.25) is 0 Å². The molecule has 0 bridgehead atoms. The highest BCUT2D eigenvalue weighted by Gasteiger charge is 2.34. The van der Waals surface area contributed by atoms with Gasteiger partial charge in [0.05, 0.1) is 5.60 Å². The fourth-order valence-corrected chi connectivity index (χ4v) is 4.70. The number of carbonyl (C=O) groups is 1. The molecule has 0 aliphatic carbocycles. The highest BCUT2D eigenvalue weighted by molar-refractivity contribution is 5.82. The van der Waals surface area contributed by atoms with Crippen LogP contribution in [0.1, 0.15) is 60.5 Å². The van der Waals surface area contributed by atoms with Crippen molar-refractivity contribution in [3.63, 3.8) is 0 Å². The van der Waals surface area contributed by atoms with E-state index >= 15 is 0 Å². The summed E-state index contributed by atoms with van der Waals surface area (Å²) in [6.45, 7) is 12.1. The smallest absolute Gasteiger partial charge is 0.337 e. The van der Waals surface area contributed by atoms with Crippen molar-refractivity contribution in [2.24, 2.45) is 0 Å². The lowest BCUT2D eigenvalue weighted by Crippen LogP contribution is -2.33. The summed E-state index contributed by atoms with van der Waals surface area (Å²) in [5.74, 6) is -0.995. The molecule has 0 amide bonds. The Hall–Kier alpha value is -3.02. The zero-order valence-electron chi connectivity index (χ0n) is 20.8. The Kier molecular flexibility index (Phi) is 6.87. The topological polar surface area (TPSA) is 62.7 Å². The van der Waals surface area contributed by atoms with Gasteiger partial charge in [0, 0.05) is 43.0 Å². The summed E-state index contributed by atoms with van der Waals surface area (Å²) in [5.41, 5.74) is 7.32. The fourth-order valence-electron chi connectivity index (χ4n) is 4.70. The highest BCUT2D eigenvalue weighted by atomic mass is 16.5. The van der Waals surface area contributed by atoms with Gasteiger partial charge in [-0.05, 0) is 56.9 Å². The molecule has 0 saturated carbocycles. The third-order valence-corrected chi connectivity index (χ3v) is 6.21. The van der Waals surface area contributed by atoms with Crippen molar-refractivity contribution in [1.29, 1.82) is 0 Å². The summed E-state index contributed by atoms with van der Waals surface area (Å²) >= 11 is 0. The van der Waals surface area contributed by atoms with Gasteiger partial charge < -0.3 is 9.84 Å². The predicted molar refractivity (Wildman–Crippen MR) is 135 cm³/mol. The third-order valence-electron chi connectivity index (χ3n) is 6.21. The van der Waals surface area contributed by atoms with E-state index in [4.69, 9.17) is 9.72 Å². The number of carboxylic acid groups (broad SMARTS) is 1. The summed E-state index contributed by atoms with van der Waals surface area (Å²) in [6.07, 6.45) is -0.265. The van der Waals surface area contributed by atoms with Crippen LogP contribution in [-0.4, -0.2) is 33.1 Å². The number of aryl methyl sites for hydroxylation is 2. The summed E-state index contributed by atoms with van der Waals surface area (Å²) < 4.78 is 6.11. The van der Waals surface area contributed by atoms with Crippen LogP contribution in [0.4, 0.5) is 0 Å². The molecule has 1 unspecified atom stereocenters. The van der Waals surface area contributed by atoms with E-state index in [-0.39, 0.29) is 0 Å². The molecule has 3 aromatic rings. The maximum Gasteiger partial charge on any atom is 0.337 e. The van der Waals surface area contributed by atoms with Crippen LogP contribution >= 0.6 is 0 Å². The van der Waals surface area contributed by atoms with Crippen molar-refractivity contribution in [2.75, 3.05) is 6.54 Å². The number of pyridine rings is 1. The summed E-state index contributed by atoms with van der Waals surface area (Å²) in [4.78, 5) is 19.8. The van der Waals surface area contributed by atoms with E-state index in [0.717, 1.165) is 59.7 Å². The Morgan fingerprint density at radius 2 is 1.76 bits per heavy atom. The van der Waals surface area contributed by atoms with Crippen molar-refractivity contribution in [3.05, 3.63) is 88.2 Å². The molecule has 4 rings (SSSR count). The molecule has 0 fully saturated rings. The van der Waals surface area contributed by atoms with Gasteiger partial charge in [0.1, 0.15) is 0 Å². The molecule has 34 heavy (non-hydrogen) atoms. The Morgan fingerprint density at radius 1 is 1.09 bits per heavy atom. The molecular formula is C29H34N2O3. The first kappa shape index (κ1) is 24.1. The second-order valence-electron chi connectivity index (χ2n) is 10.2. The largest absolute Gasteiger partial charge is 0.479 e. The molecule has 1 aliphatic heterocycles. The van der Waals surface area contributed by atoms with Crippen molar-refractivity contribution < 1.29 is 14.6 Å². The van der Waals surface area contributed by atoms with Crippen LogP contribution in [0.15, 0.2) is 54.6 Å². The van der Waals surface area contributed by atoms with Crippen molar-refractivity contribution in [2.45, 2.75) is 65.8 Å². The average molecular weight is 459 g/mol. The van der Waals surface area contributed by atoms with Crippen molar-refractivity contribution in [1.82, 2.24) is 9.88 Å². The zero-order valence-corrected chi connectivity index (χ0v) is 20.8. The quantitative estimate of drug-likeness (QED) is 0.501. The van der Waals surface area contributed by atoms with Gasteiger partial charge in [-0.3, -0.25) is 9.88 Å². The molecule has 2 aromatic carbocycles. The number of nitrogens with zero attached hydrogens (tertiary/aromatic N) is 2. The Balaban J connectivity index is 1.86. The van der Waals surface area contributed by atoms with E-state index in [9.17, 15) is 9.90 Å². The lowest BCUT2D eigenvalue weighted by molar-refractivity contribution is -0.160. The van der Waals surface area contributed by atoms with E-state index in [1.807, 2.05) is 33.8 Å². The Morgan fingerprint density at radius 3 is 2.38 bits per heavy atom. The number of ether oxygens (including phenoxy) is 1. The van der Waals surface area contributed by atoms with Crippen LogP contribution in [0.3, 0.4) is 0 Å². The van der Waals surface area contributed by atoms with Gasteiger partial charge in [-0.25, -0.2) is 4.79 Å². The van der Waals surface area contributed by atoms with Crippen LogP contribution in [0.5, 0.6) is 0 Å². The van der Waals surface area contributed by atoms with E-state index in [1.165, 1.54) is 5.56 Å². The number of aliphatic carboxylic acids is 1. The monoisotopic (exact) mass is 458 g/mol. The first-order valence-corrected chi connectivity index (χ1v) is 11.9. The molecule has 1 aromatic heterocycles. The zero-order chi connectivity index (χ0) is 24.5. The number of hydrogen-bond acceptors (Lipinski definition) is 4.